The fraction of sp³-hybridized carbons (Fsp3) is 0.188. The van der Waals surface area contributed by atoms with E-state index in [4.69, 9.17) is 5.73 Å². The van der Waals surface area contributed by atoms with Crippen molar-refractivity contribution in [3.63, 3.8) is 0 Å². The second kappa shape index (κ2) is 6.85. The third kappa shape index (κ3) is 4.29. The van der Waals surface area contributed by atoms with E-state index in [1.165, 1.54) is 6.07 Å². The molecule has 0 unspecified atom stereocenters. The molecule has 0 bridgehead atoms. The summed E-state index contributed by atoms with van der Waals surface area (Å²) in [6.45, 7) is 0.106. The van der Waals surface area contributed by atoms with Crippen molar-refractivity contribution in [3.05, 3.63) is 65.5 Å². The summed E-state index contributed by atoms with van der Waals surface area (Å²) in [4.78, 5) is 11.9. The zero-order valence-corrected chi connectivity index (χ0v) is 11.4. The highest BCUT2D eigenvalue weighted by molar-refractivity contribution is 5.81. The third-order valence-corrected chi connectivity index (χ3v) is 3.14. The van der Waals surface area contributed by atoms with Crippen molar-refractivity contribution < 1.29 is 14.3 Å². The molecule has 5 heteroatoms. The first-order chi connectivity index (χ1) is 10.1. The molecule has 2 rings (SSSR count). The predicted octanol–water partition coefficient (Wildman–Crippen LogP) is 1.72. The van der Waals surface area contributed by atoms with Gasteiger partial charge in [0, 0.05) is 12.1 Å². The van der Waals surface area contributed by atoms with Gasteiger partial charge in [0.2, 0.25) is 5.91 Å². The standard InChI is InChI=1S/C16H17FN2O2/c17-14-4-2-1-3-12(14)10-19-16(21)15(18)9-11-5-7-13(20)8-6-11/h1-8,15,20H,9-10,18H2,(H,19,21)/t15-/m0/s1. The van der Waals surface area contributed by atoms with Crippen molar-refractivity contribution in [1.82, 2.24) is 5.32 Å². The average Bonchev–Trinajstić information content (AvgIpc) is 2.48. The molecule has 0 aliphatic rings. The summed E-state index contributed by atoms with van der Waals surface area (Å²) in [5.74, 6) is -0.535. The van der Waals surface area contributed by atoms with Crippen LogP contribution in [0.3, 0.4) is 0 Å². The van der Waals surface area contributed by atoms with Crippen LogP contribution in [-0.2, 0) is 17.8 Å². The van der Waals surface area contributed by atoms with Gasteiger partial charge in [-0.2, -0.15) is 0 Å². The molecule has 4 N–H and O–H groups in total. The summed E-state index contributed by atoms with van der Waals surface area (Å²) < 4.78 is 13.4. The monoisotopic (exact) mass is 288 g/mol. The fourth-order valence-corrected chi connectivity index (χ4v) is 1.93. The number of aromatic hydroxyl groups is 1. The maximum absolute atomic E-state index is 13.4. The third-order valence-electron chi connectivity index (χ3n) is 3.14. The molecular formula is C16H17FN2O2. The maximum Gasteiger partial charge on any atom is 0.237 e. The van der Waals surface area contributed by atoms with Gasteiger partial charge in [0.15, 0.2) is 0 Å². The van der Waals surface area contributed by atoms with Gasteiger partial charge >= 0.3 is 0 Å². The molecule has 4 nitrogen and oxygen atoms in total. The molecule has 110 valence electrons. The molecule has 0 heterocycles. The van der Waals surface area contributed by atoms with E-state index in [0.29, 0.717) is 12.0 Å². The molecule has 0 radical (unpaired) electrons. The summed E-state index contributed by atoms with van der Waals surface area (Å²) in [5.41, 5.74) is 7.09. The van der Waals surface area contributed by atoms with Gasteiger partial charge in [0.1, 0.15) is 11.6 Å². The van der Waals surface area contributed by atoms with Crippen molar-refractivity contribution in [2.45, 2.75) is 19.0 Å². The summed E-state index contributed by atoms with van der Waals surface area (Å²) in [5, 5.41) is 11.8. The van der Waals surface area contributed by atoms with E-state index in [0.717, 1.165) is 5.56 Å². The van der Waals surface area contributed by atoms with Gasteiger partial charge in [0.05, 0.1) is 6.04 Å². The van der Waals surface area contributed by atoms with E-state index < -0.39 is 6.04 Å². The fourth-order valence-electron chi connectivity index (χ4n) is 1.93. The SMILES string of the molecule is N[C@@H](Cc1ccc(O)cc1)C(=O)NCc1ccccc1F. The summed E-state index contributed by atoms with van der Waals surface area (Å²) in [7, 11) is 0. The number of nitrogens with two attached hydrogens (primary N) is 1. The Labute approximate surface area is 122 Å². The molecule has 2 aromatic rings. The highest BCUT2D eigenvalue weighted by Gasteiger charge is 2.14. The zero-order chi connectivity index (χ0) is 15.2. The minimum absolute atomic E-state index is 0.106. The first-order valence-electron chi connectivity index (χ1n) is 6.61. The normalized spacial score (nSPS) is 11.9. The van der Waals surface area contributed by atoms with Crippen molar-refractivity contribution in [3.8, 4) is 5.75 Å². The number of halogens is 1. The first-order valence-corrected chi connectivity index (χ1v) is 6.61. The molecule has 0 fully saturated rings. The molecule has 0 saturated carbocycles. The minimum atomic E-state index is -0.721. The lowest BCUT2D eigenvalue weighted by Crippen LogP contribution is -2.41. The van der Waals surface area contributed by atoms with E-state index in [2.05, 4.69) is 5.32 Å². The van der Waals surface area contributed by atoms with Gasteiger partial charge in [-0.05, 0) is 30.2 Å². The topological polar surface area (TPSA) is 75.3 Å². The molecule has 21 heavy (non-hydrogen) atoms. The quantitative estimate of drug-likeness (QED) is 0.784. The van der Waals surface area contributed by atoms with Crippen LogP contribution in [0.5, 0.6) is 5.75 Å². The van der Waals surface area contributed by atoms with Crippen LogP contribution in [0.15, 0.2) is 48.5 Å². The van der Waals surface area contributed by atoms with Crippen molar-refractivity contribution >= 4 is 5.91 Å². The number of phenols is 1. The van der Waals surface area contributed by atoms with Crippen LogP contribution in [0.25, 0.3) is 0 Å². The van der Waals surface area contributed by atoms with E-state index in [-0.39, 0.29) is 24.0 Å². The number of rotatable bonds is 5. The van der Waals surface area contributed by atoms with Gasteiger partial charge < -0.3 is 16.2 Å². The summed E-state index contributed by atoms with van der Waals surface area (Å²) >= 11 is 0. The lowest BCUT2D eigenvalue weighted by atomic mass is 10.1. The number of hydrogen-bond acceptors (Lipinski definition) is 3. The highest BCUT2D eigenvalue weighted by Crippen LogP contribution is 2.11. The van der Waals surface area contributed by atoms with Crippen LogP contribution in [0.4, 0.5) is 4.39 Å². The van der Waals surface area contributed by atoms with Crippen LogP contribution in [0.1, 0.15) is 11.1 Å². The lowest BCUT2D eigenvalue weighted by Gasteiger charge is -2.12. The number of phenolic OH excluding ortho intramolecular Hbond substituents is 1. The molecule has 2 aromatic carbocycles. The van der Waals surface area contributed by atoms with Gasteiger partial charge in [-0.1, -0.05) is 30.3 Å². The Balaban J connectivity index is 1.88. The van der Waals surface area contributed by atoms with Crippen molar-refractivity contribution in [2.24, 2.45) is 5.73 Å². The molecule has 0 saturated heterocycles. The number of amides is 1. The van der Waals surface area contributed by atoms with Crippen molar-refractivity contribution in [1.29, 1.82) is 0 Å². The summed E-state index contributed by atoms with van der Waals surface area (Å²) in [6, 6.07) is 12.0. The van der Waals surface area contributed by atoms with Crippen LogP contribution in [0, 0.1) is 5.82 Å². The second-order valence-electron chi connectivity index (χ2n) is 4.79. The molecular weight excluding hydrogens is 271 g/mol. The Kier molecular flexibility index (Phi) is 4.90. The molecule has 0 aromatic heterocycles. The van der Waals surface area contributed by atoms with E-state index in [1.807, 2.05) is 0 Å². The smallest absolute Gasteiger partial charge is 0.237 e. The van der Waals surface area contributed by atoms with Gasteiger partial charge in [0.25, 0.3) is 0 Å². The number of benzene rings is 2. The Morgan fingerprint density at radius 3 is 2.52 bits per heavy atom. The zero-order valence-electron chi connectivity index (χ0n) is 11.4. The van der Waals surface area contributed by atoms with Gasteiger partial charge in [-0.3, -0.25) is 4.79 Å². The van der Waals surface area contributed by atoms with Crippen LogP contribution < -0.4 is 11.1 Å². The Morgan fingerprint density at radius 2 is 1.86 bits per heavy atom. The molecule has 0 aliphatic carbocycles. The highest BCUT2D eigenvalue weighted by atomic mass is 19.1. The second-order valence-corrected chi connectivity index (χ2v) is 4.79. The van der Waals surface area contributed by atoms with E-state index in [9.17, 15) is 14.3 Å². The largest absolute Gasteiger partial charge is 0.508 e. The maximum atomic E-state index is 13.4. The predicted molar refractivity (Wildman–Crippen MR) is 78.0 cm³/mol. The average molecular weight is 288 g/mol. The Hall–Kier alpha value is -2.40. The molecule has 0 spiro atoms. The van der Waals surface area contributed by atoms with Crippen LogP contribution in [0.2, 0.25) is 0 Å². The Bertz CT molecular complexity index is 614. The van der Waals surface area contributed by atoms with Gasteiger partial charge in [-0.25, -0.2) is 4.39 Å². The van der Waals surface area contributed by atoms with Crippen LogP contribution in [-0.4, -0.2) is 17.1 Å². The molecule has 1 amide bonds. The number of carbonyl (C=O) groups excluding carboxylic acids is 1. The number of hydrogen-bond donors (Lipinski definition) is 3. The van der Waals surface area contributed by atoms with Crippen molar-refractivity contribution in [2.75, 3.05) is 0 Å². The summed E-state index contributed by atoms with van der Waals surface area (Å²) in [6.07, 6.45) is 0.351. The number of carbonyl (C=O) groups is 1. The van der Waals surface area contributed by atoms with Gasteiger partial charge in [-0.15, -0.1) is 0 Å². The lowest BCUT2D eigenvalue weighted by molar-refractivity contribution is -0.122. The number of nitrogens with one attached hydrogen (secondary N) is 1. The van der Waals surface area contributed by atoms with E-state index >= 15 is 0 Å². The first kappa shape index (κ1) is 15.0. The molecule has 0 aliphatic heterocycles. The Morgan fingerprint density at radius 1 is 1.19 bits per heavy atom. The minimum Gasteiger partial charge on any atom is -0.508 e. The van der Waals surface area contributed by atoms with E-state index in [1.54, 1.807) is 42.5 Å². The van der Waals surface area contributed by atoms with Crippen LogP contribution >= 0.6 is 0 Å². The molecule has 1 atom stereocenters.